The van der Waals surface area contributed by atoms with Gasteiger partial charge in [0.2, 0.25) is 0 Å². The maximum atomic E-state index is 12.5. The normalized spacial score (nSPS) is 13.8. The molecule has 1 aromatic carbocycles. The highest BCUT2D eigenvalue weighted by Gasteiger charge is 2.33. The van der Waals surface area contributed by atoms with Crippen molar-refractivity contribution in [1.82, 2.24) is 14.7 Å². The van der Waals surface area contributed by atoms with Crippen LogP contribution in [0.2, 0.25) is 0 Å². The Hall–Kier alpha value is -2.74. The van der Waals surface area contributed by atoms with Crippen LogP contribution in [0.15, 0.2) is 36.5 Å². The molecule has 23 heavy (non-hydrogen) atoms. The molecule has 0 spiro atoms. The molecule has 2 aromatic rings. The largest absolute Gasteiger partial charge is 0.395 e. The Morgan fingerprint density at radius 3 is 2.61 bits per heavy atom. The number of rotatable bonds is 6. The number of nitro benzene ring substituents is 1. The predicted octanol–water partition coefficient (Wildman–Crippen LogP) is 1.38. The number of aromatic nitrogens is 2. The Morgan fingerprint density at radius 1 is 1.35 bits per heavy atom. The number of aliphatic hydroxyl groups is 1. The van der Waals surface area contributed by atoms with Gasteiger partial charge >= 0.3 is 0 Å². The number of nitro groups is 1. The molecule has 1 heterocycles. The predicted molar refractivity (Wildman–Crippen MR) is 81.4 cm³/mol. The maximum Gasteiger partial charge on any atom is 0.274 e. The van der Waals surface area contributed by atoms with Gasteiger partial charge in [-0.05, 0) is 31.0 Å². The first-order valence-electron chi connectivity index (χ1n) is 7.32. The average Bonchev–Trinajstić information content (AvgIpc) is 3.27. The van der Waals surface area contributed by atoms with Crippen LogP contribution >= 0.6 is 0 Å². The lowest BCUT2D eigenvalue weighted by Gasteiger charge is -2.19. The fraction of sp³-hybridized carbons (Fsp3) is 0.333. The van der Waals surface area contributed by atoms with Gasteiger partial charge in [0.15, 0.2) is 5.69 Å². The molecule has 0 aliphatic heterocycles. The van der Waals surface area contributed by atoms with Crippen LogP contribution in [0.25, 0.3) is 5.69 Å². The number of nitrogens with zero attached hydrogens (tertiary/aromatic N) is 4. The van der Waals surface area contributed by atoms with Gasteiger partial charge in [-0.3, -0.25) is 14.9 Å². The van der Waals surface area contributed by atoms with E-state index in [1.54, 1.807) is 29.3 Å². The zero-order valence-corrected chi connectivity index (χ0v) is 12.3. The number of amides is 1. The standard InChI is InChI=1S/C15H16N4O4/c20-10-9-17(11-1-2-11)15(21)14-7-8-18(16-14)12-3-5-13(6-4-12)19(22)23/h3-8,11,20H,1-2,9-10H2. The number of hydrogen-bond donors (Lipinski definition) is 1. The third-order valence-corrected chi connectivity index (χ3v) is 3.72. The Morgan fingerprint density at radius 2 is 2.04 bits per heavy atom. The van der Waals surface area contributed by atoms with Crippen LogP contribution in [-0.4, -0.2) is 49.8 Å². The van der Waals surface area contributed by atoms with Crippen LogP contribution in [0.4, 0.5) is 5.69 Å². The van der Waals surface area contributed by atoms with Crippen molar-refractivity contribution in [3.05, 3.63) is 52.3 Å². The molecule has 1 aliphatic carbocycles. The number of non-ortho nitro benzene ring substituents is 1. The van der Waals surface area contributed by atoms with Crippen LogP contribution in [0.3, 0.4) is 0 Å². The zero-order valence-electron chi connectivity index (χ0n) is 12.3. The summed E-state index contributed by atoms with van der Waals surface area (Å²) in [4.78, 5) is 24.3. The molecule has 1 aliphatic rings. The fourth-order valence-electron chi connectivity index (χ4n) is 2.40. The molecule has 8 nitrogen and oxygen atoms in total. The van der Waals surface area contributed by atoms with Gasteiger partial charge in [0, 0.05) is 30.9 Å². The Labute approximate surface area is 132 Å². The third-order valence-electron chi connectivity index (χ3n) is 3.72. The van der Waals surface area contributed by atoms with Gasteiger partial charge in [0.05, 0.1) is 17.2 Å². The van der Waals surface area contributed by atoms with E-state index in [0.717, 1.165) is 12.8 Å². The number of hydrogen-bond acceptors (Lipinski definition) is 5. The van der Waals surface area contributed by atoms with Gasteiger partial charge < -0.3 is 10.0 Å². The van der Waals surface area contributed by atoms with Gasteiger partial charge in [-0.15, -0.1) is 0 Å². The minimum atomic E-state index is -0.468. The molecule has 0 saturated heterocycles. The van der Waals surface area contributed by atoms with Crippen LogP contribution in [0.1, 0.15) is 23.3 Å². The second-order valence-corrected chi connectivity index (χ2v) is 5.37. The number of carbonyl (C=O) groups excluding carboxylic acids is 1. The van der Waals surface area contributed by atoms with Crippen molar-refractivity contribution in [2.45, 2.75) is 18.9 Å². The smallest absolute Gasteiger partial charge is 0.274 e. The first kappa shape index (κ1) is 15.2. The lowest BCUT2D eigenvalue weighted by Crippen LogP contribution is -2.35. The van der Waals surface area contributed by atoms with Crippen molar-refractivity contribution in [3.63, 3.8) is 0 Å². The van der Waals surface area contributed by atoms with Gasteiger partial charge in [-0.25, -0.2) is 4.68 Å². The molecule has 8 heteroatoms. The van der Waals surface area contributed by atoms with E-state index < -0.39 is 4.92 Å². The van der Waals surface area contributed by atoms with Crippen molar-refractivity contribution < 1.29 is 14.8 Å². The van der Waals surface area contributed by atoms with Crippen LogP contribution < -0.4 is 0 Å². The lowest BCUT2D eigenvalue weighted by atomic mass is 10.3. The van der Waals surface area contributed by atoms with E-state index >= 15 is 0 Å². The summed E-state index contributed by atoms with van der Waals surface area (Å²) in [6.07, 6.45) is 3.54. The van der Waals surface area contributed by atoms with E-state index in [1.165, 1.54) is 16.8 Å². The van der Waals surface area contributed by atoms with E-state index in [1.807, 2.05) is 0 Å². The topological polar surface area (TPSA) is 102 Å². The molecule has 0 radical (unpaired) electrons. The van der Waals surface area contributed by atoms with Crippen LogP contribution in [0, 0.1) is 10.1 Å². The van der Waals surface area contributed by atoms with E-state index in [0.29, 0.717) is 17.9 Å². The molecule has 120 valence electrons. The quantitative estimate of drug-likeness (QED) is 0.641. The summed E-state index contributed by atoms with van der Waals surface area (Å²) < 4.78 is 1.50. The Balaban J connectivity index is 1.79. The van der Waals surface area contributed by atoms with Gasteiger partial charge in [0.1, 0.15) is 0 Å². The van der Waals surface area contributed by atoms with Crippen molar-refractivity contribution in [3.8, 4) is 5.69 Å². The second kappa shape index (κ2) is 6.17. The van der Waals surface area contributed by atoms with Crippen LogP contribution in [-0.2, 0) is 0 Å². The molecule has 1 aromatic heterocycles. The molecule has 0 bridgehead atoms. The number of benzene rings is 1. The molecule has 3 rings (SSSR count). The molecule has 1 saturated carbocycles. The summed E-state index contributed by atoms with van der Waals surface area (Å²) in [6.45, 7) is 0.221. The first-order valence-corrected chi connectivity index (χ1v) is 7.32. The maximum absolute atomic E-state index is 12.5. The van der Waals surface area contributed by atoms with E-state index in [9.17, 15) is 14.9 Å². The van der Waals surface area contributed by atoms with E-state index in [2.05, 4.69) is 5.10 Å². The molecule has 1 fully saturated rings. The third kappa shape index (κ3) is 3.21. The summed E-state index contributed by atoms with van der Waals surface area (Å²) in [6, 6.07) is 7.73. The van der Waals surface area contributed by atoms with Crippen molar-refractivity contribution in [1.29, 1.82) is 0 Å². The van der Waals surface area contributed by atoms with Crippen molar-refractivity contribution in [2.24, 2.45) is 0 Å². The monoisotopic (exact) mass is 316 g/mol. The van der Waals surface area contributed by atoms with Crippen molar-refractivity contribution >= 4 is 11.6 Å². The lowest BCUT2D eigenvalue weighted by molar-refractivity contribution is -0.384. The molecular formula is C15H16N4O4. The number of aliphatic hydroxyl groups excluding tert-OH is 1. The highest BCUT2D eigenvalue weighted by molar-refractivity contribution is 5.92. The highest BCUT2D eigenvalue weighted by atomic mass is 16.6. The summed E-state index contributed by atoms with van der Waals surface area (Å²) in [5.74, 6) is -0.206. The Bertz CT molecular complexity index is 721. The molecule has 1 amide bonds. The minimum Gasteiger partial charge on any atom is -0.395 e. The summed E-state index contributed by atoms with van der Waals surface area (Å²) >= 11 is 0. The summed E-state index contributed by atoms with van der Waals surface area (Å²) in [7, 11) is 0. The fourth-order valence-corrected chi connectivity index (χ4v) is 2.40. The van der Waals surface area contributed by atoms with Gasteiger partial charge in [0.25, 0.3) is 11.6 Å². The molecule has 0 unspecified atom stereocenters. The summed E-state index contributed by atoms with van der Waals surface area (Å²) in [5.41, 5.74) is 0.929. The minimum absolute atomic E-state index is 0.0000558. The molecular weight excluding hydrogens is 300 g/mol. The highest BCUT2D eigenvalue weighted by Crippen LogP contribution is 2.27. The molecule has 0 atom stereocenters. The van der Waals surface area contributed by atoms with Gasteiger partial charge in [-0.2, -0.15) is 5.10 Å². The Kier molecular flexibility index (Phi) is 4.07. The van der Waals surface area contributed by atoms with E-state index in [-0.39, 0.29) is 24.2 Å². The van der Waals surface area contributed by atoms with E-state index in [4.69, 9.17) is 5.11 Å². The first-order chi connectivity index (χ1) is 11.1. The summed E-state index contributed by atoms with van der Waals surface area (Å²) in [5, 5.41) is 24.0. The van der Waals surface area contributed by atoms with Gasteiger partial charge in [-0.1, -0.05) is 0 Å². The number of carbonyl (C=O) groups is 1. The average molecular weight is 316 g/mol. The van der Waals surface area contributed by atoms with Crippen LogP contribution in [0.5, 0.6) is 0 Å². The second-order valence-electron chi connectivity index (χ2n) is 5.37. The van der Waals surface area contributed by atoms with Crippen molar-refractivity contribution in [2.75, 3.05) is 13.2 Å². The SMILES string of the molecule is O=C(c1ccn(-c2ccc([N+](=O)[O-])cc2)n1)N(CCO)C1CC1. The zero-order chi connectivity index (χ0) is 16.4. The molecule has 1 N–H and O–H groups in total.